The maximum absolute atomic E-state index is 11.8. The summed E-state index contributed by atoms with van der Waals surface area (Å²) in [6, 6.07) is 7.38. The van der Waals surface area contributed by atoms with E-state index in [0.717, 1.165) is 28.2 Å². The minimum atomic E-state index is -3.12. The lowest BCUT2D eigenvalue weighted by Gasteiger charge is -2.23. The molecule has 3 aromatic heterocycles. The number of hydrogen-bond acceptors (Lipinski definition) is 8. The van der Waals surface area contributed by atoms with Gasteiger partial charge >= 0.3 is 0 Å². The van der Waals surface area contributed by atoms with E-state index in [2.05, 4.69) is 44.5 Å². The van der Waals surface area contributed by atoms with Gasteiger partial charge < -0.3 is 10.6 Å². The summed E-state index contributed by atoms with van der Waals surface area (Å²) in [6.45, 7) is 2.67. The van der Waals surface area contributed by atoms with Gasteiger partial charge in [-0.1, -0.05) is 26.8 Å². The number of hydrogen-bond donors (Lipinski definition) is 2. The molecule has 1 aromatic carbocycles. The number of rotatable bonds is 9. The maximum atomic E-state index is 11.8. The fraction of sp³-hybridized carbons (Fsp3) is 0.407. The van der Waals surface area contributed by atoms with Crippen LogP contribution in [0.2, 0.25) is 0 Å². The molecule has 3 heterocycles. The van der Waals surface area contributed by atoms with E-state index in [0.29, 0.717) is 16.3 Å². The molecule has 2 N–H and O–H groups in total. The Balaban J connectivity index is 1.69. The summed E-state index contributed by atoms with van der Waals surface area (Å²) in [5, 5.41) is 12.2. The van der Waals surface area contributed by atoms with E-state index < -0.39 is 29.4 Å². The van der Waals surface area contributed by atoms with Crippen LogP contribution in [-0.4, -0.2) is 51.2 Å². The van der Waals surface area contributed by atoms with Crippen molar-refractivity contribution in [3.05, 3.63) is 54.1 Å². The minimum Gasteiger partial charge on any atom is -0.382 e. The monoisotopic (exact) mass is 527 g/mol. The highest BCUT2D eigenvalue weighted by Gasteiger charge is 2.19. The van der Waals surface area contributed by atoms with Gasteiger partial charge in [-0.3, -0.25) is 4.68 Å². The zero-order valence-corrected chi connectivity index (χ0v) is 22.3. The lowest BCUT2D eigenvalue weighted by molar-refractivity contribution is 0.538. The standard InChI is InChI=1S/C27H35N7O2S/c1-16(2)20-8-9-24(30-18(4)17(3)15-37(7,35)36)22-13-29-26(12-21(20)22)31-25-10-11-28-27(32-25)23-14-34(6)33-19(23)5/h8-14,16-18,30H,15H2,1-7H3,(H,28,29,31,32)/t17-,18-/m1/s1/i5D3,6D3. The summed E-state index contributed by atoms with van der Waals surface area (Å²) in [7, 11) is -3.12. The third-order valence-electron chi connectivity index (χ3n) is 6.23. The molecule has 0 fully saturated rings. The van der Waals surface area contributed by atoms with Crippen LogP contribution in [0.4, 0.5) is 17.3 Å². The smallest absolute Gasteiger partial charge is 0.164 e. The van der Waals surface area contributed by atoms with Gasteiger partial charge in [0.2, 0.25) is 0 Å². The van der Waals surface area contributed by atoms with Crippen molar-refractivity contribution >= 4 is 37.9 Å². The molecule has 0 spiro atoms. The topological polar surface area (TPSA) is 115 Å². The van der Waals surface area contributed by atoms with Gasteiger partial charge in [0.05, 0.1) is 17.0 Å². The summed E-state index contributed by atoms with van der Waals surface area (Å²) in [5.41, 5.74) is 1.50. The van der Waals surface area contributed by atoms with Gasteiger partial charge in [0, 0.05) is 57.2 Å². The van der Waals surface area contributed by atoms with Crippen molar-refractivity contribution in [2.24, 2.45) is 12.9 Å². The van der Waals surface area contributed by atoms with Crippen molar-refractivity contribution in [1.29, 1.82) is 0 Å². The first kappa shape index (κ1) is 19.6. The Morgan fingerprint density at radius 2 is 1.89 bits per heavy atom. The normalized spacial score (nSPS) is 16.7. The second-order valence-electron chi connectivity index (χ2n) is 9.70. The van der Waals surface area contributed by atoms with Crippen LogP contribution in [0.15, 0.2) is 42.9 Å². The first-order chi connectivity index (χ1) is 19.8. The Morgan fingerprint density at radius 1 is 1.08 bits per heavy atom. The number of fused-ring (bicyclic) bond motifs is 1. The first-order valence-electron chi connectivity index (χ1n) is 14.9. The quantitative estimate of drug-likeness (QED) is 0.310. The predicted octanol–water partition coefficient (Wildman–Crippen LogP) is 5.08. The summed E-state index contributed by atoms with van der Waals surface area (Å²) in [6.07, 6.45) is 5.51. The van der Waals surface area contributed by atoms with E-state index in [9.17, 15) is 8.42 Å². The number of benzene rings is 1. The Bertz CT molecular complexity index is 1740. The first-order valence-corrected chi connectivity index (χ1v) is 14.0. The number of aryl methyl sites for hydroxylation is 2. The Kier molecular flexibility index (Phi) is 5.53. The highest BCUT2D eigenvalue weighted by atomic mass is 32.2. The third-order valence-corrected chi connectivity index (χ3v) is 7.36. The SMILES string of the molecule is [2H]C([2H])([2H])c1nn(C([2H])([2H])[2H])cc1-c1nccc(Nc2cc3c(C(C)C)ccc(N[C@H](C)[C@H](C)CS(C)(=O)=O)c3cn2)n1. The third kappa shape index (κ3) is 6.25. The zero-order chi connectivity index (χ0) is 31.9. The molecule has 0 radical (unpaired) electrons. The Morgan fingerprint density at radius 3 is 2.59 bits per heavy atom. The van der Waals surface area contributed by atoms with Gasteiger partial charge in [-0.05, 0) is 54.8 Å². The number of pyridine rings is 1. The van der Waals surface area contributed by atoms with Crippen LogP contribution in [0.3, 0.4) is 0 Å². The molecule has 9 nitrogen and oxygen atoms in total. The molecule has 0 bridgehead atoms. The van der Waals surface area contributed by atoms with E-state index in [1.807, 2.05) is 32.0 Å². The van der Waals surface area contributed by atoms with Crippen molar-refractivity contribution < 1.29 is 16.6 Å². The molecular formula is C27H35N7O2S. The number of nitrogens with zero attached hydrogens (tertiary/aromatic N) is 5. The molecular weight excluding hydrogens is 486 g/mol. The van der Waals surface area contributed by atoms with Crippen LogP contribution in [-0.2, 0) is 16.8 Å². The highest BCUT2D eigenvalue weighted by Crippen LogP contribution is 2.33. The highest BCUT2D eigenvalue weighted by molar-refractivity contribution is 7.90. The fourth-order valence-corrected chi connectivity index (χ4v) is 5.44. The summed E-state index contributed by atoms with van der Waals surface area (Å²) >= 11 is 0. The molecule has 0 aliphatic carbocycles. The number of sulfone groups is 1. The fourth-order valence-electron chi connectivity index (χ4n) is 4.20. The van der Waals surface area contributed by atoms with Crippen molar-refractivity contribution in [1.82, 2.24) is 24.7 Å². The van der Waals surface area contributed by atoms with Crippen LogP contribution in [0, 0.1) is 12.8 Å². The summed E-state index contributed by atoms with van der Waals surface area (Å²) in [5.74, 6) is 0.948. The molecule has 0 aliphatic heterocycles. The molecule has 0 saturated carbocycles. The molecule has 0 aliphatic rings. The molecule has 37 heavy (non-hydrogen) atoms. The van der Waals surface area contributed by atoms with Crippen molar-refractivity contribution in [2.45, 2.75) is 46.5 Å². The van der Waals surface area contributed by atoms with E-state index in [4.69, 9.17) is 8.22 Å². The van der Waals surface area contributed by atoms with Gasteiger partial charge in [0.1, 0.15) is 21.5 Å². The zero-order valence-electron chi connectivity index (χ0n) is 27.4. The van der Waals surface area contributed by atoms with E-state index in [1.54, 1.807) is 12.3 Å². The molecule has 196 valence electrons. The van der Waals surface area contributed by atoms with Gasteiger partial charge in [-0.15, -0.1) is 0 Å². The molecule has 0 saturated heterocycles. The molecule has 0 unspecified atom stereocenters. The summed E-state index contributed by atoms with van der Waals surface area (Å²) < 4.78 is 70.6. The second-order valence-corrected chi connectivity index (χ2v) is 11.9. The van der Waals surface area contributed by atoms with E-state index >= 15 is 0 Å². The average Bonchev–Trinajstić information content (AvgIpc) is 3.35. The van der Waals surface area contributed by atoms with Gasteiger partial charge in [0.25, 0.3) is 0 Å². The van der Waals surface area contributed by atoms with Crippen LogP contribution in [0.25, 0.3) is 22.2 Å². The molecule has 10 heteroatoms. The Labute approximate surface area is 227 Å². The van der Waals surface area contributed by atoms with E-state index in [1.165, 1.54) is 12.5 Å². The van der Waals surface area contributed by atoms with Gasteiger partial charge in [-0.2, -0.15) is 5.10 Å². The molecule has 4 aromatic rings. The number of anilines is 3. The Hall–Kier alpha value is -3.53. The van der Waals surface area contributed by atoms with E-state index in [-0.39, 0.29) is 35.0 Å². The molecule has 2 atom stereocenters. The average molecular weight is 528 g/mol. The van der Waals surface area contributed by atoms with Crippen molar-refractivity contribution in [3.63, 3.8) is 0 Å². The molecule has 4 rings (SSSR count). The van der Waals surface area contributed by atoms with Gasteiger partial charge in [0.15, 0.2) is 5.82 Å². The maximum Gasteiger partial charge on any atom is 0.164 e. The van der Waals surface area contributed by atoms with Crippen LogP contribution >= 0.6 is 0 Å². The second kappa shape index (κ2) is 10.5. The van der Waals surface area contributed by atoms with Crippen molar-refractivity contribution in [2.75, 3.05) is 22.6 Å². The number of nitrogens with one attached hydrogen (secondary N) is 2. The lowest BCUT2D eigenvalue weighted by Crippen LogP contribution is -2.29. The van der Waals surface area contributed by atoms with Crippen LogP contribution < -0.4 is 10.6 Å². The summed E-state index contributed by atoms with van der Waals surface area (Å²) in [4.78, 5) is 13.2. The van der Waals surface area contributed by atoms with Gasteiger partial charge in [-0.25, -0.2) is 23.4 Å². The van der Waals surface area contributed by atoms with Crippen LogP contribution in [0.1, 0.15) is 53.1 Å². The largest absolute Gasteiger partial charge is 0.382 e. The van der Waals surface area contributed by atoms with Crippen LogP contribution in [0.5, 0.6) is 0 Å². The number of aromatic nitrogens is 5. The molecule has 0 amide bonds. The minimum absolute atomic E-state index is 0.000953. The predicted molar refractivity (Wildman–Crippen MR) is 150 cm³/mol. The lowest BCUT2D eigenvalue weighted by atomic mass is 9.95. The van der Waals surface area contributed by atoms with Crippen molar-refractivity contribution in [3.8, 4) is 11.4 Å².